The van der Waals surface area contributed by atoms with Gasteiger partial charge in [0, 0.05) is 17.2 Å². The predicted octanol–water partition coefficient (Wildman–Crippen LogP) is 2.08. The molecule has 7 heteroatoms. The van der Waals surface area contributed by atoms with Gasteiger partial charge in [-0.3, -0.25) is 0 Å². The molecule has 0 aliphatic heterocycles. The van der Waals surface area contributed by atoms with E-state index >= 15 is 0 Å². The summed E-state index contributed by atoms with van der Waals surface area (Å²) in [5.74, 6) is -0.597. The number of rotatable bonds is 6. The van der Waals surface area contributed by atoms with Crippen molar-refractivity contribution in [2.75, 3.05) is 27.2 Å². The highest BCUT2D eigenvalue weighted by Crippen LogP contribution is 2.27. The van der Waals surface area contributed by atoms with Gasteiger partial charge < -0.3 is 9.64 Å². The van der Waals surface area contributed by atoms with E-state index in [1.165, 1.54) is 6.07 Å². The molecule has 1 aromatic rings. The number of hydrogen-bond donors (Lipinski definition) is 0. The molecule has 0 fully saturated rings. The van der Waals surface area contributed by atoms with Crippen molar-refractivity contribution < 1.29 is 17.5 Å². The average molecular weight is 296 g/mol. The maximum atomic E-state index is 13.0. The third-order valence-corrected chi connectivity index (χ3v) is 3.52. The van der Waals surface area contributed by atoms with Crippen LogP contribution in [0.4, 0.5) is 4.39 Å². The third kappa shape index (κ3) is 4.80. The molecule has 1 aromatic carbocycles. The molecular weight excluding hydrogens is 281 g/mol. The molecule has 4 nitrogen and oxygen atoms in total. The standard InChI is InChI=1S/C11H15ClFNO3S/c1-14(2)6-3-7-17-10-5-4-9(13)8-11(10)18(12,15)16/h4-5,8H,3,6-7H2,1-2H3. The van der Waals surface area contributed by atoms with Crippen molar-refractivity contribution >= 4 is 19.7 Å². The largest absolute Gasteiger partial charge is 0.492 e. The van der Waals surface area contributed by atoms with Crippen LogP contribution in [0.15, 0.2) is 23.1 Å². The van der Waals surface area contributed by atoms with Crippen LogP contribution in [0.3, 0.4) is 0 Å². The smallest absolute Gasteiger partial charge is 0.265 e. The Hall–Kier alpha value is -0.850. The van der Waals surface area contributed by atoms with Crippen molar-refractivity contribution in [3.8, 4) is 5.75 Å². The van der Waals surface area contributed by atoms with Crippen molar-refractivity contribution in [1.82, 2.24) is 4.90 Å². The van der Waals surface area contributed by atoms with Crippen LogP contribution in [-0.4, -0.2) is 40.6 Å². The van der Waals surface area contributed by atoms with E-state index in [2.05, 4.69) is 0 Å². The molecular formula is C11H15ClFNO3S. The second kappa shape index (κ2) is 6.36. The Bertz CT molecular complexity index is 505. The molecule has 0 amide bonds. The molecule has 0 aliphatic rings. The molecule has 18 heavy (non-hydrogen) atoms. The lowest BCUT2D eigenvalue weighted by Crippen LogP contribution is -2.15. The summed E-state index contributed by atoms with van der Waals surface area (Å²) < 4.78 is 40.8. The molecule has 0 saturated carbocycles. The molecule has 0 aliphatic carbocycles. The summed E-state index contributed by atoms with van der Waals surface area (Å²) in [5, 5.41) is 0. The van der Waals surface area contributed by atoms with Gasteiger partial charge in [0.15, 0.2) is 0 Å². The van der Waals surface area contributed by atoms with E-state index in [9.17, 15) is 12.8 Å². The molecule has 0 atom stereocenters. The summed E-state index contributed by atoms with van der Waals surface area (Å²) in [6, 6.07) is 3.25. The summed E-state index contributed by atoms with van der Waals surface area (Å²) in [5.41, 5.74) is 0. The molecule has 0 bridgehead atoms. The van der Waals surface area contributed by atoms with Gasteiger partial charge in [-0.15, -0.1) is 0 Å². The van der Waals surface area contributed by atoms with E-state index in [1.54, 1.807) is 0 Å². The van der Waals surface area contributed by atoms with Gasteiger partial charge in [-0.05, 0) is 38.7 Å². The predicted molar refractivity (Wildman–Crippen MR) is 68.1 cm³/mol. The summed E-state index contributed by atoms with van der Waals surface area (Å²) >= 11 is 0. The van der Waals surface area contributed by atoms with Crippen LogP contribution in [0.5, 0.6) is 5.75 Å². The van der Waals surface area contributed by atoms with E-state index in [0.717, 1.165) is 25.1 Å². The second-order valence-electron chi connectivity index (χ2n) is 4.03. The summed E-state index contributed by atoms with van der Waals surface area (Å²) in [6.07, 6.45) is 0.728. The molecule has 1 rings (SSSR count). The van der Waals surface area contributed by atoms with Crippen molar-refractivity contribution in [1.29, 1.82) is 0 Å². The first-order valence-electron chi connectivity index (χ1n) is 5.32. The number of nitrogens with zero attached hydrogens (tertiary/aromatic N) is 1. The lowest BCUT2D eigenvalue weighted by atomic mass is 10.3. The maximum absolute atomic E-state index is 13.0. The average Bonchev–Trinajstić information content (AvgIpc) is 2.24. The van der Waals surface area contributed by atoms with Crippen LogP contribution in [0, 0.1) is 5.82 Å². The van der Waals surface area contributed by atoms with Crippen LogP contribution >= 0.6 is 10.7 Å². The van der Waals surface area contributed by atoms with Gasteiger partial charge in [0.25, 0.3) is 9.05 Å². The zero-order valence-corrected chi connectivity index (χ0v) is 11.8. The SMILES string of the molecule is CN(C)CCCOc1ccc(F)cc1S(=O)(=O)Cl. The Balaban J connectivity index is 2.77. The Morgan fingerprint density at radius 3 is 2.61 bits per heavy atom. The molecule has 0 saturated heterocycles. The summed E-state index contributed by atoms with van der Waals surface area (Å²) in [4.78, 5) is 1.64. The molecule has 102 valence electrons. The van der Waals surface area contributed by atoms with Gasteiger partial charge in [-0.25, -0.2) is 12.8 Å². The fourth-order valence-electron chi connectivity index (χ4n) is 1.35. The topological polar surface area (TPSA) is 46.6 Å². The maximum Gasteiger partial charge on any atom is 0.265 e. The van der Waals surface area contributed by atoms with Crippen molar-refractivity contribution in [2.24, 2.45) is 0 Å². The highest BCUT2D eigenvalue weighted by atomic mass is 35.7. The summed E-state index contributed by atoms with van der Waals surface area (Å²) in [6.45, 7) is 1.15. The fraction of sp³-hybridized carbons (Fsp3) is 0.455. The Labute approximate surface area is 111 Å². The third-order valence-electron chi connectivity index (χ3n) is 2.18. The number of benzene rings is 1. The second-order valence-corrected chi connectivity index (χ2v) is 6.57. The first-order valence-corrected chi connectivity index (χ1v) is 7.63. The van der Waals surface area contributed by atoms with E-state index in [0.29, 0.717) is 6.61 Å². The first-order chi connectivity index (χ1) is 8.30. The quantitative estimate of drug-likeness (QED) is 0.595. The minimum Gasteiger partial charge on any atom is -0.492 e. The first kappa shape index (κ1) is 15.2. The zero-order valence-electron chi connectivity index (χ0n) is 10.2. The molecule has 0 unspecified atom stereocenters. The normalized spacial score (nSPS) is 11.8. The Morgan fingerprint density at radius 2 is 2.06 bits per heavy atom. The van der Waals surface area contributed by atoms with Crippen molar-refractivity contribution in [3.05, 3.63) is 24.0 Å². The lowest BCUT2D eigenvalue weighted by molar-refractivity contribution is 0.275. The van der Waals surface area contributed by atoms with Crippen molar-refractivity contribution in [3.63, 3.8) is 0 Å². The van der Waals surface area contributed by atoms with E-state index in [-0.39, 0.29) is 10.6 Å². The van der Waals surface area contributed by atoms with Gasteiger partial charge in [-0.2, -0.15) is 0 Å². The van der Waals surface area contributed by atoms with E-state index in [1.807, 2.05) is 19.0 Å². The molecule has 0 heterocycles. The van der Waals surface area contributed by atoms with Crippen LogP contribution in [0.2, 0.25) is 0 Å². The highest BCUT2D eigenvalue weighted by Gasteiger charge is 2.17. The highest BCUT2D eigenvalue weighted by molar-refractivity contribution is 8.13. The zero-order chi connectivity index (χ0) is 13.8. The number of halogens is 2. The van der Waals surface area contributed by atoms with Gasteiger partial charge in [0.2, 0.25) is 0 Å². The molecule has 0 radical (unpaired) electrons. The molecule has 0 N–H and O–H groups in total. The fourth-order valence-corrected chi connectivity index (χ4v) is 2.34. The Morgan fingerprint density at radius 1 is 1.39 bits per heavy atom. The van der Waals surface area contributed by atoms with Crippen LogP contribution in [-0.2, 0) is 9.05 Å². The lowest BCUT2D eigenvalue weighted by Gasteiger charge is -2.12. The van der Waals surface area contributed by atoms with E-state index in [4.69, 9.17) is 15.4 Å². The number of ether oxygens (including phenoxy) is 1. The summed E-state index contributed by atoms with van der Waals surface area (Å²) in [7, 11) is 5.05. The van der Waals surface area contributed by atoms with Crippen LogP contribution < -0.4 is 4.74 Å². The van der Waals surface area contributed by atoms with Crippen LogP contribution in [0.1, 0.15) is 6.42 Å². The van der Waals surface area contributed by atoms with Gasteiger partial charge in [0.05, 0.1) is 6.61 Å². The van der Waals surface area contributed by atoms with Crippen LogP contribution in [0.25, 0.3) is 0 Å². The Kier molecular flexibility index (Phi) is 5.37. The number of hydrogen-bond acceptors (Lipinski definition) is 4. The molecule has 0 spiro atoms. The molecule has 0 aromatic heterocycles. The van der Waals surface area contributed by atoms with Gasteiger partial charge in [0.1, 0.15) is 16.5 Å². The van der Waals surface area contributed by atoms with E-state index < -0.39 is 14.9 Å². The van der Waals surface area contributed by atoms with Crippen molar-refractivity contribution in [2.45, 2.75) is 11.3 Å². The minimum atomic E-state index is -4.01. The minimum absolute atomic E-state index is 0.0742. The van der Waals surface area contributed by atoms with Gasteiger partial charge >= 0.3 is 0 Å². The monoisotopic (exact) mass is 295 g/mol. The van der Waals surface area contributed by atoms with Gasteiger partial charge in [-0.1, -0.05) is 0 Å².